The third kappa shape index (κ3) is 4.58. The van der Waals surface area contributed by atoms with Gasteiger partial charge in [-0.25, -0.2) is 9.78 Å². The largest absolute Gasteiger partial charge is 0.351 e. The molecule has 0 aliphatic rings. The molecular weight excluding hydrogens is 444 g/mol. The van der Waals surface area contributed by atoms with Gasteiger partial charge in [0.15, 0.2) is 5.16 Å². The number of rotatable bonds is 6. The molecule has 0 radical (unpaired) electrons. The Kier molecular flexibility index (Phi) is 6.38. The van der Waals surface area contributed by atoms with Crippen LogP contribution < -0.4 is 16.6 Å². The maximum absolute atomic E-state index is 13.6. The predicted molar refractivity (Wildman–Crippen MR) is 128 cm³/mol. The predicted octanol–water partition coefficient (Wildman–Crippen LogP) is 4.10. The Morgan fingerprint density at radius 1 is 1.12 bits per heavy atom. The number of urea groups is 1. The Hall–Kier alpha value is -3.43. The zero-order valence-corrected chi connectivity index (χ0v) is 18.8. The lowest BCUT2D eigenvalue weighted by Gasteiger charge is -2.14. The van der Waals surface area contributed by atoms with Crippen molar-refractivity contribution in [3.05, 3.63) is 76.6 Å². The number of imide groups is 1. The van der Waals surface area contributed by atoms with Gasteiger partial charge in [0.1, 0.15) is 4.83 Å². The Morgan fingerprint density at radius 2 is 1.84 bits per heavy atom. The average Bonchev–Trinajstić information content (AvgIpc) is 3.20. The highest BCUT2D eigenvalue weighted by atomic mass is 32.2. The van der Waals surface area contributed by atoms with E-state index >= 15 is 0 Å². The van der Waals surface area contributed by atoms with Crippen molar-refractivity contribution in [1.29, 1.82) is 0 Å². The van der Waals surface area contributed by atoms with Gasteiger partial charge < -0.3 is 5.73 Å². The van der Waals surface area contributed by atoms with Gasteiger partial charge in [-0.15, -0.1) is 11.3 Å². The molecule has 2 aromatic heterocycles. The van der Waals surface area contributed by atoms with Gasteiger partial charge >= 0.3 is 6.03 Å². The van der Waals surface area contributed by atoms with E-state index in [0.29, 0.717) is 21.1 Å². The van der Waals surface area contributed by atoms with Crippen molar-refractivity contribution in [3.63, 3.8) is 0 Å². The molecule has 7 nitrogen and oxygen atoms in total. The lowest BCUT2D eigenvalue weighted by Crippen LogP contribution is -2.35. The van der Waals surface area contributed by atoms with Crippen molar-refractivity contribution in [1.82, 2.24) is 14.9 Å². The van der Waals surface area contributed by atoms with Gasteiger partial charge in [0.05, 0.1) is 11.1 Å². The van der Waals surface area contributed by atoms with Gasteiger partial charge in [0.25, 0.3) is 5.56 Å². The Balaban J connectivity index is 1.78. The summed E-state index contributed by atoms with van der Waals surface area (Å²) >= 11 is 2.74. The number of para-hydroxylation sites is 1. The van der Waals surface area contributed by atoms with E-state index in [1.807, 2.05) is 72.9 Å². The second kappa shape index (κ2) is 9.37. The van der Waals surface area contributed by atoms with Crippen molar-refractivity contribution < 1.29 is 9.59 Å². The van der Waals surface area contributed by atoms with E-state index in [1.54, 1.807) is 4.57 Å². The van der Waals surface area contributed by atoms with E-state index in [-0.39, 0.29) is 12.0 Å². The smallest absolute Gasteiger partial charge is 0.318 e. The van der Waals surface area contributed by atoms with Crippen LogP contribution in [0, 0.1) is 6.92 Å². The quantitative estimate of drug-likeness (QED) is 0.330. The van der Waals surface area contributed by atoms with Crippen molar-refractivity contribution in [2.45, 2.75) is 18.5 Å². The maximum atomic E-state index is 13.6. The number of thioether (sulfide) groups is 1. The van der Waals surface area contributed by atoms with Gasteiger partial charge in [0, 0.05) is 17.1 Å². The van der Waals surface area contributed by atoms with Crippen LogP contribution in [0.1, 0.15) is 12.0 Å². The second-order valence-electron chi connectivity index (χ2n) is 7.03. The van der Waals surface area contributed by atoms with Crippen molar-refractivity contribution >= 4 is 45.3 Å². The Bertz CT molecular complexity index is 1360. The van der Waals surface area contributed by atoms with E-state index in [0.717, 1.165) is 21.7 Å². The summed E-state index contributed by atoms with van der Waals surface area (Å²) in [6, 6.07) is 18.4. The second-order valence-corrected chi connectivity index (χ2v) is 9.12. The topological polar surface area (TPSA) is 107 Å². The molecule has 0 aliphatic carbocycles. The van der Waals surface area contributed by atoms with Gasteiger partial charge in [-0.1, -0.05) is 60.3 Å². The Labute approximate surface area is 192 Å². The van der Waals surface area contributed by atoms with E-state index in [4.69, 9.17) is 10.7 Å². The summed E-state index contributed by atoms with van der Waals surface area (Å²) in [4.78, 5) is 42.6. The number of nitrogens with two attached hydrogens (primary N) is 1. The SMILES string of the molecule is Cc1ccccc1-n1c(SCCC(=O)NC(N)=O)nc2sc(-c3ccccc3)cc2c1=O. The van der Waals surface area contributed by atoms with Crippen LogP contribution in [0.25, 0.3) is 26.3 Å². The van der Waals surface area contributed by atoms with Crippen LogP contribution in [0.4, 0.5) is 4.79 Å². The monoisotopic (exact) mass is 464 g/mol. The first kappa shape index (κ1) is 21.8. The Morgan fingerprint density at radius 3 is 2.56 bits per heavy atom. The molecule has 0 spiro atoms. The standard InChI is InChI=1S/C23H20N4O3S2/c1-14-7-5-6-10-17(14)27-21(29)16-13-18(15-8-3-2-4-9-15)32-20(16)26-23(27)31-12-11-19(28)25-22(24)30/h2-10,13H,11-12H2,1H3,(H3,24,25,28,30). The fourth-order valence-corrected chi connectivity index (χ4v) is 5.29. The summed E-state index contributed by atoms with van der Waals surface area (Å²) in [5.74, 6) is -0.141. The number of aromatic nitrogens is 2. The molecule has 2 heterocycles. The van der Waals surface area contributed by atoms with Crippen molar-refractivity contribution in [3.8, 4) is 16.1 Å². The van der Waals surface area contributed by atoms with Crippen LogP contribution in [0.3, 0.4) is 0 Å². The zero-order chi connectivity index (χ0) is 22.7. The number of nitrogens with zero attached hydrogens (tertiary/aromatic N) is 2. The molecule has 0 saturated heterocycles. The third-order valence-electron chi connectivity index (χ3n) is 4.77. The molecule has 162 valence electrons. The first-order valence-electron chi connectivity index (χ1n) is 9.84. The number of fused-ring (bicyclic) bond motifs is 1. The van der Waals surface area contributed by atoms with Gasteiger partial charge in [-0.05, 0) is 30.2 Å². The molecule has 9 heteroatoms. The van der Waals surface area contributed by atoms with Crippen molar-refractivity contribution in [2.24, 2.45) is 5.73 Å². The molecule has 3 N–H and O–H groups in total. The number of hydrogen-bond donors (Lipinski definition) is 2. The molecule has 4 rings (SSSR count). The van der Waals surface area contributed by atoms with E-state index in [9.17, 15) is 14.4 Å². The number of nitrogens with one attached hydrogen (secondary N) is 1. The number of carbonyl (C=O) groups excluding carboxylic acids is 2. The van der Waals surface area contributed by atoms with E-state index in [1.165, 1.54) is 23.1 Å². The number of aryl methyl sites for hydroxylation is 1. The summed E-state index contributed by atoms with van der Waals surface area (Å²) in [5.41, 5.74) is 7.53. The van der Waals surface area contributed by atoms with Crippen LogP contribution in [0.15, 0.2) is 70.6 Å². The molecule has 2 aromatic carbocycles. The van der Waals surface area contributed by atoms with Crippen molar-refractivity contribution in [2.75, 3.05) is 5.75 Å². The van der Waals surface area contributed by atoms with E-state index in [2.05, 4.69) is 0 Å². The highest BCUT2D eigenvalue weighted by Crippen LogP contribution is 2.33. The van der Waals surface area contributed by atoms with Crippen LogP contribution in [0.2, 0.25) is 0 Å². The molecule has 0 saturated carbocycles. The summed E-state index contributed by atoms with van der Waals surface area (Å²) in [5, 5.41) is 3.09. The van der Waals surface area contributed by atoms with Crippen LogP contribution in [0.5, 0.6) is 0 Å². The molecule has 0 aliphatic heterocycles. The van der Waals surface area contributed by atoms with Gasteiger partial charge in [0.2, 0.25) is 5.91 Å². The minimum atomic E-state index is -0.886. The number of benzene rings is 2. The number of primary amides is 1. The molecule has 0 bridgehead atoms. The third-order valence-corrected chi connectivity index (χ3v) is 6.79. The highest BCUT2D eigenvalue weighted by molar-refractivity contribution is 7.99. The van der Waals surface area contributed by atoms with Gasteiger partial charge in [-0.3, -0.25) is 19.5 Å². The summed E-state index contributed by atoms with van der Waals surface area (Å²) in [6.07, 6.45) is 0.0645. The summed E-state index contributed by atoms with van der Waals surface area (Å²) in [7, 11) is 0. The molecule has 32 heavy (non-hydrogen) atoms. The molecular formula is C23H20N4O3S2. The van der Waals surface area contributed by atoms with Crippen LogP contribution in [-0.4, -0.2) is 27.2 Å². The molecule has 0 unspecified atom stereocenters. The minimum Gasteiger partial charge on any atom is -0.351 e. The summed E-state index contributed by atoms with van der Waals surface area (Å²) < 4.78 is 1.59. The molecule has 0 atom stereocenters. The number of carbonyl (C=O) groups is 2. The average molecular weight is 465 g/mol. The molecule has 3 amide bonds. The number of hydrogen-bond acceptors (Lipinski definition) is 6. The minimum absolute atomic E-state index is 0.0645. The van der Waals surface area contributed by atoms with Crippen LogP contribution >= 0.6 is 23.1 Å². The number of amides is 3. The normalized spacial score (nSPS) is 10.9. The van der Waals surface area contributed by atoms with Crippen LogP contribution in [-0.2, 0) is 4.79 Å². The highest BCUT2D eigenvalue weighted by Gasteiger charge is 2.18. The first-order valence-corrected chi connectivity index (χ1v) is 11.6. The first-order chi connectivity index (χ1) is 15.4. The summed E-state index contributed by atoms with van der Waals surface area (Å²) in [6.45, 7) is 1.93. The fraction of sp³-hybridized carbons (Fsp3) is 0.130. The number of thiophene rings is 1. The van der Waals surface area contributed by atoms with Gasteiger partial charge in [-0.2, -0.15) is 0 Å². The zero-order valence-electron chi connectivity index (χ0n) is 17.2. The van der Waals surface area contributed by atoms with E-state index < -0.39 is 11.9 Å². The molecule has 4 aromatic rings. The lowest BCUT2D eigenvalue weighted by atomic mass is 10.2. The maximum Gasteiger partial charge on any atom is 0.318 e. The molecule has 0 fully saturated rings. The fourth-order valence-electron chi connectivity index (χ4n) is 3.27. The lowest BCUT2D eigenvalue weighted by molar-refractivity contribution is -0.119.